The fourth-order valence-electron chi connectivity index (χ4n) is 1.66. The van der Waals surface area contributed by atoms with Crippen molar-refractivity contribution in [2.75, 3.05) is 6.61 Å². The molecule has 0 bridgehead atoms. The van der Waals surface area contributed by atoms with Gasteiger partial charge in [0.2, 0.25) is 0 Å². The predicted molar refractivity (Wildman–Crippen MR) is 60.3 cm³/mol. The molecule has 0 radical (unpaired) electrons. The van der Waals surface area contributed by atoms with E-state index in [-0.39, 0.29) is 6.61 Å². The predicted octanol–water partition coefficient (Wildman–Crippen LogP) is 2.29. The molecule has 0 spiro atoms. The zero-order valence-electron chi connectivity index (χ0n) is 8.72. The van der Waals surface area contributed by atoms with Gasteiger partial charge in [-0.2, -0.15) is 0 Å². The largest absolute Gasteiger partial charge is 0.453 e. The maximum absolute atomic E-state index is 10.5. The van der Waals surface area contributed by atoms with Gasteiger partial charge >= 0.3 is 0 Å². The fourth-order valence-corrected chi connectivity index (χ4v) is 1.66. The molecular formula is C13H12O3. The van der Waals surface area contributed by atoms with Crippen LogP contribution in [0.25, 0.3) is 11.3 Å². The fraction of sp³-hybridized carbons (Fsp3) is 0.154. The normalized spacial score (nSPS) is 10.3. The number of hydrogen-bond acceptors (Lipinski definition) is 3. The zero-order valence-corrected chi connectivity index (χ0v) is 8.72. The minimum atomic E-state index is 0.0955. The number of hydrogen-bond donors (Lipinski definition) is 1. The molecule has 0 amide bonds. The first-order chi connectivity index (χ1) is 7.85. The summed E-state index contributed by atoms with van der Waals surface area (Å²) in [6.45, 7) is 0.0955. The van der Waals surface area contributed by atoms with Crippen LogP contribution in [0.1, 0.15) is 16.1 Å². The second kappa shape index (κ2) is 4.77. The van der Waals surface area contributed by atoms with Crippen molar-refractivity contribution in [1.29, 1.82) is 0 Å². The van der Waals surface area contributed by atoms with Gasteiger partial charge in [-0.25, -0.2) is 0 Å². The lowest BCUT2D eigenvalue weighted by Crippen LogP contribution is -1.93. The smallest absolute Gasteiger partial charge is 0.185 e. The second-order valence-corrected chi connectivity index (χ2v) is 3.45. The lowest BCUT2D eigenvalue weighted by molar-refractivity contribution is 0.110. The maximum atomic E-state index is 10.5. The zero-order chi connectivity index (χ0) is 11.4. The molecule has 0 aliphatic carbocycles. The Bertz CT molecular complexity index is 485. The summed E-state index contributed by atoms with van der Waals surface area (Å²) in [6.07, 6.45) is 1.26. The number of benzene rings is 1. The Morgan fingerprint density at radius 1 is 1.19 bits per heavy atom. The Morgan fingerprint density at radius 2 is 2.00 bits per heavy atom. The average Bonchev–Trinajstić information content (AvgIpc) is 2.79. The molecule has 2 aromatic rings. The Hall–Kier alpha value is -1.87. The molecule has 0 aliphatic heterocycles. The van der Waals surface area contributed by atoms with Crippen LogP contribution in [0.3, 0.4) is 0 Å². The first-order valence-electron chi connectivity index (χ1n) is 5.09. The van der Waals surface area contributed by atoms with Crippen LogP contribution >= 0.6 is 0 Å². The highest BCUT2D eigenvalue weighted by Crippen LogP contribution is 2.25. The Labute approximate surface area is 93.3 Å². The monoisotopic (exact) mass is 216 g/mol. The van der Waals surface area contributed by atoms with Gasteiger partial charge in [-0.3, -0.25) is 4.79 Å². The first-order valence-corrected chi connectivity index (χ1v) is 5.09. The van der Waals surface area contributed by atoms with Gasteiger partial charge in [0.25, 0.3) is 0 Å². The molecule has 3 nitrogen and oxygen atoms in total. The molecule has 1 N–H and O–H groups in total. The molecule has 82 valence electrons. The van der Waals surface area contributed by atoms with E-state index in [1.807, 2.05) is 24.3 Å². The van der Waals surface area contributed by atoms with E-state index in [0.717, 1.165) is 11.1 Å². The van der Waals surface area contributed by atoms with Gasteiger partial charge < -0.3 is 9.52 Å². The third kappa shape index (κ3) is 2.04. The van der Waals surface area contributed by atoms with E-state index >= 15 is 0 Å². The van der Waals surface area contributed by atoms with E-state index in [1.54, 1.807) is 12.1 Å². The number of carbonyl (C=O) groups is 1. The van der Waals surface area contributed by atoms with Gasteiger partial charge in [-0.1, -0.05) is 24.3 Å². The van der Waals surface area contributed by atoms with Crippen molar-refractivity contribution < 1.29 is 14.3 Å². The van der Waals surface area contributed by atoms with Crippen molar-refractivity contribution >= 4 is 6.29 Å². The molecule has 2 rings (SSSR count). The van der Waals surface area contributed by atoms with E-state index < -0.39 is 0 Å². The highest BCUT2D eigenvalue weighted by Gasteiger charge is 2.08. The summed E-state index contributed by atoms with van der Waals surface area (Å²) in [5.74, 6) is 0.972. The lowest BCUT2D eigenvalue weighted by atomic mass is 10.0. The minimum absolute atomic E-state index is 0.0955. The molecule has 0 saturated heterocycles. The van der Waals surface area contributed by atoms with Crippen LogP contribution in [0, 0.1) is 0 Å². The van der Waals surface area contributed by atoms with Crippen molar-refractivity contribution in [3.05, 3.63) is 47.7 Å². The van der Waals surface area contributed by atoms with Gasteiger partial charge in [0, 0.05) is 12.2 Å². The molecule has 1 aromatic carbocycles. The number of aliphatic hydroxyl groups is 1. The Kier molecular flexibility index (Phi) is 3.17. The van der Waals surface area contributed by atoms with Crippen molar-refractivity contribution in [2.45, 2.75) is 6.42 Å². The third-order valence-electron chi connectivity index (χ3n) is 2.41. The lowest BCUT2D eigenvalue weighted by Gasteiger charge is -2.04. The van der Waals surface area contributed by atoms with Gasteiger partial charge in [0.1, 0.15) is 5.76 Å². The molecule has 16 heavy (non-hydrogen) atoms. The highest BCUT2D eigenvalue weighted by molar-refractivity contribution is 5.73. The van der Waals surface area contributed by atoms with E-state index in [4.69, 9.17) is 9.52 Å². The van der Waals surface area contributed by atoms with Crippen molar-refractivity contribution in [2.24, 2.45) is 0 Å². The van der Waals surface area contributed by atoms with Crippen LogP contribution < -0.4 is 0 Å². The summed E-state index contributed by atoms with van der Waals surface area (Å²) in [7, 11) is 0. The van der Waals surface area contributed by atoms with Gasteiger partial charge in [-0.15, -0.1) is 0 Å². The molecule has 0 unspecified atom stereocenters. The van der Waals surface area contributed by atoms with Crippen LogP contribution in [0.4, 0.5) is 0 Å². The van der Waals surface area contributed by atoms with Crippen LogP contribution in [0.5, 0.6) is 0 Å². The summed E-state index contributed by atoms with van der Waals surface area (Å²) < 4.78 is 5.36. The number of carbonyl (C=O) groups excluding carboxylic acids is 1. The Balaban J connectivity index is 2.42. The third-order valence-corrected chi connectivity index (χ3v) is 2.41. The summed E-state index contributed by atoms with van der Waals surface area (Å²) in [5, 5.41) is 8.96. The molecule has 0 aliphatic rings. The van der Waals surface area contributed by atoms with Crippen molar-refractivity contribution in [1.82, 2.24) is 0 Å². The topological polar surface area (TPSA) is 50.4 Å². The Morgan fingerprint density at radius 3 is 2.69 bits per heavy atom. The van der Waals surface area contributed by atoms with Gasteiger partial charge in [-0.05, 0) is 24.1 Å². The maximum Gasteiger partial charge on any atom is 0.185 e. The SMILES string of the molecule is O=Cc1ccc(-c2ccccc2CCO)o1. The van der Waals surface area contributed by atoms with Crippen LogP contribution in [-0.4, -0.2) is 18.0 Å². The van der Waals surface area contributed by atoms with Crippen LogP contribution in [0.15, 0.2) is 40.8 Å². The molecule has 0 saturated carbocycles. The first kappa shape index (κ1) is 10.6. The molecular weight excluding hydrogens is 204 g/mol. The summed E-state index contributed by atoms with van der Waals surface area (Å²) in [5.41, 5.74) is 1.93. The van der Waals surface area contributed by atoms with E-state index in [2.05, 4.69) is 0 Å². The number of furan rings is 1. The van der Waals surface area contributed by atoms with Gasteiger partial charge in [0.05, 0.1) is 0 Å². The molecule has 3 heteroatoms. The van der Waals surface area contributed by atoms with E-state index in [0.29, 0.717) is 24.2 Å². The van der Waals surface area contributed by atoms with Crippen molar-refractivity contribution in [3.63, 3.8) is 0 Å². The second-order valence-electron chi connectivity index (χ2n) is 3.45. The molecule has 0 fully saturated rings. The summed E-state index contributed by atoms with van der Waals surface area (Å²) >= 11 is 0. The summed E-state index contributed by atoms with van der Waals surface area (Å²) in [4.78, 5) is 10.5. The quantitative estimate of drug-likeness (QED) is 0.798. The summed E-state index contributed by atoms with van der Waals surface area (Å²) in [6, 6.07) is 11.1. The van der Waals surface area contributed by atoms with E-state index in [9.17, 15) is 4.79 Å². The van der Waals surface area contributed by atoms with Gasteiger partial charge in [0.15, 0.2) is 12.0 Å². The highest BCUT2D eigenvalue weighted by atomic mass is 16.3. The van der Waals surface area contributed by atoms with E-state index in [1.165, 1.54) is 0 Å². The molecule has 1 aromatic heterocycles. The minimum Gasteiger partial charge on any atom is -0.453 e. The van der Waals surface area contributed by atoms with Crippen LogP contribution in [0.2, 0.25) is 0 Å². The molecule has 1 heterocycles. The molecule has 0 atom stereocenters. The average molecular weight is 216 g/mol. The standard InChI is InChI=1S/C13H12O3/c14-8-7-10-3-1-2-4-12(10)13-6-5-11(9-15)16-13/h1-6,9,14H,7-8H2. The number of rotatable bonds is 4. The van der Waals surface area contributed by atoms with Crippen molar-refractivity contribution in [3.8, 4) is 11.3 Å². The van der Waals surface area contributed by atoms with Crippen LogP contribution in [-0.2, 0) is 6.42 Å². The number of aliphatic hydroxyl groups excluding tert-OH is 1. The number of aldehydes is 1.